The Morgan fingerprint density at radius 3 is 2.79 bits per heavy atom. The second kappa shape index (κ2) is 4.76. The van der Waals surface area contributed by atoms with Crippen molar-refractivity contribution in [3.63, 3.8) is 0 Å². The fourth-order valence-corrected chi connectivity index (χ4v) is 0.959. The number of H-pyrrole nitrogens is 1. The van der Waals surface area contributed by atoms with Crippen molar-refractivity contribution in [1.82, 2.24) is 10.2 Å². The number of nitrogens with zero attached hydrogens (tertiary/aromatic N) is 1. The monoisotopic (exact) mass is 197 g/mol. The van der Waals surface area contributed by atoms with Gasteiger partial charge in [0, 0.05) is 18.7 Å². The van der Waals surface area contributed by atoms with Crippen LogP contribution in [0.1, 0.15) is 13.8 Å². The van der Waals surface area contributed by atoms with E-state index in [2.05, 4.69) is 15.5 Å². The topological polar surface area (TPSA) is 78.0 Å². The number of rotatable bonds is 4. The van der Waals surface area contributed by atoms with Gasteiger partial charge in [-0.25, -0.2) is 5.10 Å². The van der Waals surface area contributed by atoms with Crippen molar-refractivity contribution >= 4 is 5.82 Å². The molecule has 1 aromatic rings. The zero-order valence-corrected chi connectivity index (χ0v) is 8.32. The van der Waals surface area contributed by atoms with Crippen molar-refractivity contribution in [3.8, 4) is 0 Å². The maximum atomic E-state index is 10.7. The lowest BCUT2D eigenvalue weighted by Crippen LogP contribution is -2.27. The van der Waals surface area contributed by atoms with Gasteiger partial charge < -0.3 is 10.4 Å². The molecule has 2 unspecified atom stereocenters. The number of nitrogens with one attached hydrogen (secondary N) is 2. The molecule has 0 aliphatic heterocycles. The second-order valence-corrected chi connectivity index (χ2v) is 3.40. The highest BCUT2D eigenvalue weighted by molar-refractivity contribution is 5.32. The SMILES string of the molecule is CC(CO)C(C)Nc1ccc(=O)[nH]n1. The maximum Gasteiger partial charge on any atom is 0.264 e. The molecular weight excluding hydrogens is 182 g/mol. The van der Waals surface area contributed by atoms with Crippen molar-refractivity contribution in [2.45, 2.75) is 19.9 Å². The average Bonchev–Trinajstić information content (AvgIpc) is 2.20. The lowest BCUT2D eigenvalue weighted by Gasteiger charge is -2.19. The summed E-state index contributed by atoms with van der Waals surface area (Å²) in [6.45, 7) is 4.01. The first-order valence-corrected chi connectivity index (χ1v) is 4.56. The molecule has 1 heterocycles. The summed E-state index contributed by atoms with van der Waals surface area (Å²) in [6, 6.07) is 3.13. The van der Waals surface area contributed by atoms with Crippen molar-refractivity contribution in [1.29, 1.82) is 0 Å². The van der Waals surface area contributed by atoms with Crippen molar-refractivity contribution in [2.24, 2.45) is 5.92 Å². The third-order valence-corrected chi connectivity index (χ3v) is 2.20. The van der Waals surface area contributed by atoms with Crippen LogP contribution in [0.5, 0.6) is 0 Å². The van der Waals surface area contributed by atoms with Crippen LogP contribution in [0.15, 0.2) is 16.9 Å². The highest BCUT2D eigenvalue weighted by atomic mass is 16.3. The summed E-state index contributed by atoms with van der Waals surface area (Å²) in [5.74, 6) is 0.751. The molecule has 1 rings (SSSR count). The van der Waals surface area contributed by atoms with Gasteiger partial charge in [0.05, 0.1) is 0 Å². The molecule has 0 saturated carbocycles. The number of anilines is 1. The molecule has 0 aliphatic rings. The summed E-state index contributed by atoms with van der Waals surface area (Å²) >= 11 is 0. The molecule has 0 radical (unpaired) electrons. The molecule has 0 bridgehead atoms. The van der Waals surface area contributed by atoms with E-state index in [0.29, 0.717) is 5.82 Å². The number of aromatic nitrogens is 2. The van der Waals surface area contributed by atoms with Gasteiger partial charge >= 0.3 is 0 Å². The first-order chi connectivity index (χ1) is 6.63. The van der Waals surface area contributed by atoms with Gasteiger partial charge in [0.1, 0.15) is 5.82 Å². The van der Waals surface area contributed by atoms with Crippen molar-refractivity contribution in [3.05, 3.63) is 22.5 Å². The number of aromatic amines is 1. The normalized spacial score (nSPS) is 14.8. The quantitative estimate of drug-likeness (QED) is 0.644. The van der Waals surface area contributed by atoms with E-state index >= 15 is 0 Å². The van der Waals surface area contributed by atoms with E-state index in [4.69, 9.17) is 5.11 Å². The zero-order valence-electron chi connectivity index (χ0n) is 8.32. The van der Waals surface area contributed by atoms with Gasteiger partial charge in [0.15, 0.2) is 0 Å². The number of hydrogen-bond acceptors (Lipinski definition) is 4. The molecule has 5 nitrogen and oxygen atoms in total. The minimum absolute atomic E-state index is 0.110. The smallest absolute Gasteiger partial charge is 0.264 e. The highest BCUT2D eigenvalue weighted by Crippen LogP contribution is 2.07. The van der Waals surface area contributed by atoms with Crippen LogP contribution in [0.3, 0.4) is 0 Å². The lowest BCUT2D eigenvalue weighted by molar-refractivity contribution is 0.226. The first-order valence-electron chi connectivity index (χ1n) is 4.56. The largest absolute Gasteiger partial charge is 0.396 e. The summed E-state index contributed by atoms with van der Waals surface area (Å²) in [7, 11) is 0. The molecule has 3 N–H and O–H groups in total. The summed E-state index contributed by atoms with van der Waals surface area (Å²) in [5.41, 5.74) is -0.224. The molecule has 0 amide bonds. The van der Waals surface area contributed by atoms with Gasteiger partial charge in [-0.1, -0.05) is 6.92 Å². The van der Waals surface area contributed by atoms with E-state index in [1.54, 1.807) is 6.07 Å². The van der Waals surface area contributed by atoms with Gasteiger partial charge in [-0.2, -0.15) is 5.10 Å². The average molecular weight is 197 g/mol. The molecule has 2 atom stereocenters. The molecular formula is C9H15N3O2. The van der Waals surface area contributed by atoms with Crippen LogP contribution in [0.2, 0.25) is 0 Å². The van der Waals surface area contributed by atoms with Crippen LogP contribution in [-0.2, 0) is 0 Å². The van der Waals surface area contributed by atoms with Crippen LogP contribution >= 0.6 is 0 Å². The van der Waals surface area contributed by atoms with Crippen molar-refractivity contribution in [2.75, 3.05) is 11.9 Å². The predicted octanol–water partition coefficient (Wildman–Crippen LogP) is 0.199. The van der Waals surface area contributed by atoms with Crippen LogP contribution in [0, 0.1) is 5.92 Å². The summed E-state index contributed by atoms with van der Waals surface area (Å²) in [6.07, 6.45) is 0. The lowest BCUT2D eigenvalue weighted by atomic mass is 10.1. The third kappa shape index (κ3) is 2.85. The molecule has 0 spiro atoms. The first kappa shape index (κ1) is 10.7. The van der Waals surface area contributed by atoms with E-state index in [0.717, 1.165) is 0 Å². The Balaban J connectivity index is 2.60. The van der Waals surface area contributed by atoms with Crippen LogP contribution < -0.4 is 10.9 Å². The highest BCUT2D eigenvalue weighted by Gasteiger charge is 2.10. The molecule has 78 valence electrons. The number of hydrogen-bond donors (Lipinski definition) is 3. The van der Waals surface area contributed by atoms with Gasteiger partial charge in [-0.3, -0.25) is 4.79 Å². The Morgan fingerprint density at radius 2 is 2.29 bits per heavy atom. The van der Waals surface area contributed by atoms with E-state index in [-0.39, 0.29) is 24.1 Å². The Morgan fingerprint density at radius 1 is 1.57 bits per heavy atom. The third-order valence-electron chi connectivity index (χ3n) is 2.20. The fourth-order valence-electron chi connectivity index (χ4n) is 0.959. The molecule has 0 fully saturated rings. The Hall–Kier alpha value is -1.36. The fraction of sp³-hybridized carbons (Fsp3) is 0.556. The molecule has 14 heavy (non-hydrogen) atoms. The number of aliphatic hydroxyl groups is 1. The maximum absolute atomic E-state index is 10.7. The van der Waals surface area contributed by atoms with Gasteiger partial charge in [0.25, 0.3) is 5.56 Å². The number of aliphatic hydroxyl groups excluding tert-OH is 1. The predicted molar refractivity (Wildman–Crippen MR) is 54.2 cm³/mol. The van der Waals surface area contributed by atoms with Crippen LogP contribution in [0.4, 0.5) is 5.82 Å². The van der Waals surface area contributed by atoms with E-state index < -0.39 is 0 Å². The zero-order chi connectivity index (χ0) is 10.6. The molecule has 5 heteroatoms. The van der Waals surface area contributed by atoms with E-state index in [1.807, 2.05) is 13.8 Å². The molecule has 1 aromatic heterocycles. The molecule has 0 aliphatic carbocycles. The van der Waals surface area contributed by atoms with Gasteiger partial charge in [-0.15, -0.1) is 0 Å². The minimum atomic E-state index is -0.224. The van der Waals surface area contributed by atoms with Gasteiger partial charge in [0.2, 0.25) is 0 Å². The molecule has 0 aromatic carbocycles. The Labute approximate surface area is 82.2 Å². The second-order valence-electron chi connectivity index (χ2n) is 3.40. The van der Waals surface area contributed by atoms with Gasteiger partial charge in [-0.05, 0) is 18.9 Å². The Kier molecular flexibility index (Phi) is 3.64. The summed E-state index contributed by atoms with van der Waals surface area (Å²) in [4.78, 5) is 10.7. The van der Waals surface area contributed by atoms with E-state index in [1.165, 1.54) is 6.07 Å². The standard InChI is InChI=1S/C9H15N3O2/c1-6(5-13)7(2)10-8-3-4-9(14)12-11-8/h3-4,6-7,13H,5H2,1-2H3,(H,10,11)(H,12,14). The minimum Gasteiger partial charge on any atom is -0.396 e. The Bertz CT molecular complexity index is 317. The summed E-state index contributed by atoms with van der Waals surface area (Å²) in [5, 5.41) is 18.1. The van der Waals surface area contributed by atoms with Crippen LogP contribution in [0.25, 0.3) is 0 Å². The van der Waals surface area contributed by atoms with Crippen LogP contribution in [-0.4, -0.2) is 28.0 Å². The van der Waals surface area contributed by atoms with E-state index in [9.17, 15) is 4.79 Å². The summed E-state index contributed by atoms with van der Waals surface area (Å²) < 4.78 is 0. The van der Waals surface area contributed by atoms with Crippen molar-refractivity contribution < 1.29 is 5.11 Å². The molecule has 0 saturated heterocycles.